The van der Waals surface area contributed by atoms with E-state index in [1.807, 2.05) is 12.1 Å². The summed E-state index contributed by atoms with van der Waals surface area (Å²) in [5.74, 6) is 0.344. The maximum atomic E-state index is 9.41. The van der Waals surface area contributed by atoms with E-state index in [9.17, 15) is 5.11 Å². The van der Waals surface area contributed by atoms with Crippen LogP contribution in [0.2, 0.25) is 0 Å². The van der Waals surface area contributed by atoms with Gasteiger partial charge in [-0.1, -0.05) is 30.2 Å². The molecule has 86 valence electrons. The van der Waals surface area contributed by atoms with Gasteiger partial charge >= 0.3 is 0 Å². The van der Waals surface area contributed by atoms with Crippen molar-refractivity contribution in [1.29, 1.82) is 0 Å². The fraction of sp³-hybridized carbons (Fsp3) is 0.429. The molecule has 1 unspecified atom stereocenters. The van der Waals surface area contributed by atoms with Crippen molar-refractivity contribution in [2.75, 3.05) is 0 Å². The SMILES string of the molecule is NC1C=C(Cc2cccc(O)c2)CCCC1. The van der Waals surface area contributed by atoms with Crippen LogP contribution in [0.3, 0.4) is 0 Å². The summed E-state index contributed by atoms with van der Waals surface area (Å²) in [4.78, 5) is 0. The average molecular weight is 217 g/mol. The molecule has 0 radical (unpaired) electrons. The van der Waals surface area contributed by atoms with Crippen LogP contribution in [-0.4, -0.2) is 11.1 Å². The van der Waals surface area contributed by atoms with Crippen molar-refractivity contribution in [3.63, 3.8) is 0 Å². The zero-order valence-corrected chi connectivity index (χ0v) is 9.52. The molecule has 16 heavy (non-hydrogen) atoms. The molecular formula is C14H19NO. The third-order valence-electron chi connectivity index (χ3n) is 3.08. The number of allylic oxidation sites excluding steroid dienone is 1. The number of nitrogens with two attached hydrogens (primary N) is 1. The average Bonchev–Trinajstić information content (AvgIpc) is 2.43. The van der Waals surface area contributed by atoms with Crippen LogP contribution in [0.4, 0.5) is 0 Å². The van der Waals surface area contributed by atoms with Gasteiger partial charge in [0.2, 0.25) is 0 Å². The number of aromatic hydroxyl groups is 1. The standard InChI is InChI=1S/C14H19NO/c15-13-6-2-1-4-11(9-13)8-12-5-3-7-14(16)10-12/h3,5,7,9-10,13,16H,1-2,4,6,8,15H2. The second-order valence-electron chi connectivity index (χ2n) is 4.58. The van der Waals surface area contributed by atoms with E-state index in [1.54, 1.807) is 6.07 Å². The van der Waals surface area contributed by atoms with Gasteiger partial charge in [-0.15, -0.1) is 0 Å². The highest BCUT2D eigenvalue weighted by molar-refractivity contribution is 5.30. The molecule has 0 aliphatic heterocycles. The van der Waals surface area contributed by atoms with Crippen molar-refractivity contribution < 1.29 is 5.11 Å². The molecule has 1 aromatic carbocycles. The largest absolute Gasteiger partial charge is 0.508 e. The number of phenols is 1. The van der Waals surface area contributed by atoms with Gasteiger partial charge in [-0.05, 0) is 43.4 Å². The number of phenolic OH excluding ortho intramolecular Hbond substituents is 1. The maximum Gasteiger partial charge on any atom is 0.115 e. The second-order valence-corrected chi connectivity index (χ2v) is 4.58. The minimum Gasteiger partial charge on any atom is -0.508 e. The van der Waals surface area contributed by atoms with Gasteiger partial charge in [0.25, 0.3) is 0 Å². The lowest BCUT2D eigenvalue weighted by atomic mass is 10.0. The first-order chi connectivity index (χ1) is 7.74. The Morgan fingerprint density at radius 2 is 2.19 bits per heavy atom. The summed E-state index contributed by atoms with van der Waals surface area (Å²) < 4.78 is 0. The van der Waals surface area contributed by atoms with Crippen molar-refractivity contribution in [3.05, 3.63) is 41.5 Å². The van der Waals surface area contributed by atoms with Crippen LogP contribution >= 0.6 is 0 Å². The molecule has 1 aromatic rings. The molecule has 0 heterocycles. The molecule has 2 rings (SSSR count). The topological polar surface area (TPSA) is 46.2 Å². The number of benzene rings is 1. The molecule has 0 bridgehead atoms. The van der Waals surface area contributed by atoms with E-state index >= 15 is 0 Å². The summed E-state index contributed by atoms with van der Waals surface area (Å²) in [6, 6.07) is 7.70. The molecule has 1 atom stereocenters. The van der Waals surface area contributed by atoms with E-state index in [0.29, 0.717) is 5.75 Å². The smallest absolute Gasteiger partial charge is 0.115 e. The number of hydrogen-bond acceptors (Lipinski definition) is 2. The Hall–Kier alpha value is -1.28. The van der Waals surface area contributed by atoms with Crippen LogP contribution < -0.4 is 5.73 Å². The van der Waals surface area contributed by atoms with Gasteiger partial charge in [0.1, 0.15) is 5.75 Å². The summed E-state index contributed by atoms with van der Waals surface area (Å²) >= 11 is 0. The highest BCUT2D eigenvalue weighted by Gasteiger charge is 2.08. The van der Waals surface area contributed by atoms with Crippen LogP contribution in [0.1, 0.15) is 31.2 Å². The Bertz CT molecular complexity index is 384. The van der Waals surface area contributed by atoms with Gasteiger partial charge in [-0.2, -0.15) is 0 Å². The van der Waals surface area contributed by atoms with Crippen LogP contribution in [0.15, 0.2) is 35.9 Å². The lowest BCUT2D eigenvalue weighted by Gasteiger charge is -2.07. The summed E-state index contributed by atoms with van der Waals surface area (Å²) in [6.07, 6.45) is 7.82. The van der Waals surface area contributed by atoms with E-state index in [1.165, 1.54) is 24.0 Å². The van der Waals surface area contributed by atoms with Gasteiger partial charge < -0.3 is 10.8 Å². The predicted molar refractivity (Wildman–Crippen MR) is 66.3 cm³/mol. The van der Waals surface area contributed by atoms with Crippen LogP contribution in [0, 0.1) is 0 Å². The summed E-state index contributed by atoms with van der Waals surface area (Å²) in [7, 11) is 0. The van der Waals surface area contributed by atoms with E-state index in [4.69, 9.17) is 5.73 Å². The minimum absolute atomic E-state index is 0.217. The molecule has 3 N–H and O–H groups in total. The monoisotopic (exact) mass is 217 g/mol. The molecule has 0 amide bonds. The zero-order valence-electron chi connectivity index (χ0n) is 9.52. The van der Waals surface area contributed by atoms with E-state index < -0.39 is 0 Å². The van der Waals surface area contributed by atoms with Gasteiger partial charge in [0.15, 0.2) is 0 Å². The lowest BCUT2D eigenvalue weighted by Crippen LogP contribution is -2.16. The normalized spacial score (nSPS) is 21.3. The van der Waals surface area contributed by atoms with Crippen molar-refractivity contribution in [1.82, 2.24) is 0 Å². The molecule has 0 aromatic heterocycles. The number of rotatable bonds is 2. The Kier molecular flexibility index (Phi) is 3.62. The lowest BCUT2D eigenvalue weighted by molar-refractivity contribution is 0.474. The molecule has 1 aliphatic rings. The summed E-state index contributed by atoms with van der Waals surface area (Å²) in [5, 5.41) is 9.41. The molecule has 2 nitrogen and oxygen atoms in total. The van der Waals surface area contributed by atoms with Crippen molar-refractivity contribution in [2.45, 2.75) is 38.1 Å². The Balaban J connectivity index is 2.08. The summed E-state index contributed by atoms with van der Waals surface area (Å²) in [5.41, 5.74) is 8.56. The molecule has 1 aliphatic carbocycles. The van der Waals surface area contributed by atoms with E-state index in [0.717, 1.165) is 19.3 Å². The predicted octanol–water partition coefficient (Wildman–Crippen LogP) is 2.76. The molecule has 0 saturated heterocycles. The number of hydrogen-bond donors (Lipinski definition) is 2. The van der Waals surface area contributed by atoms with Crippen LogP contribution in [-0.2, 0) is 6.42 Å². The highest BCUT2D eigenvalue weighted by atomic mass is 16.3. The molecular weight excluding hydrogens is 198 g/mol. The Labute approximate surface area is 96.8 Å². The third kappa shape index (κ3) is 3.11. The Morgan fingerprint density at radius 1 is 1.31 bits per heavy atom. The zero-order chi connectivity index (χ0) is 11.4. The van der Waals surface area contributed by atoms with Crippen LogP contribution in [0.5, 0.6) is 5.75 Å². The van der Waals surface area contributed by atoms with Crippen LogP contribution in [0.25, 0.3) is 0 Å². The maximum absolute atomic E-state index is 9.41. The van der Waals surface area contributed by atoms with Gasteiger partial charge in [0.05, 0.1) is 0 Å². The fourth-order valence-electron chi connectivity index (χ4n) is 2.28. The third-order valence-corrected chi connectivity index (χ3v) is 3.08. The highest BCUT2D eigenvalue weighted by Crippen LogP contribution is 2.21. The first-order valence-electron chi connectivity index (χ1n) is 5.97. The summed E-state index contributed by atoms with van der Waals surface area (Å²) in [6.45, 7) is 0. The van der Waals surface area contributed by atoms with Gasteiger partial charge in [0, 0.05) is 6.04 Å². The Morgan fingerprint density at radius 3 is 3.00 bits per heavy atom. The molecule has 0 fully saturated rings. The molecule has 0 spiro atoms. The quantitative estimate of drug-likeness (QED) is 0.748. The minimum atomic E-state index is 0.217. The second kappa shape index (κ2) is 5.17. The van der Waals surface area contributed by atoms with Gasteiger partial charge in [-0.25, -0.2) is 0 Å². The first-order valence-corrected chi connectivity index (χ1v) is 5.97. The first kappa shape index (κ1) is 11.2. The van der Waals surface area contributed by atoms with Gasteiger partial charge in [-0.3, -0.25) is 0 Å². The van der Waals surface area contributed by atoms with E-state index in [-0.39, 0.29) is 6.04 Å². The van der Waals surface area contributed by atoms with Crippen molar-refractivity contribution in [3.8, 4) is 5.75 Å². The fourth-order valence-corrected chi connectivity index (χ4v) is 2.28. The molecule has 0 saturated carbocycles. The van der Waals surface area contributed by atoms with Crippen molar-refractivity contribution >= 4 is 0 Å². The molecule has 2 heteroatoms. The van der Waals surface area contributed by atoms with E-state index in [2.05, 4.69) is 12.1 Å². The van der Waals surface area contributed by atoms with Crippen molar-refractivity contribution in [2.24, 2.45) is 5.73 Å².